The highest BCUT2D eigenvalue weighted by atomic mass is 35.5. The molecule has 8 heteroatoms. The number of hydrogen-bond acceptors (Lipinski definition) is 6. The van der Waals surface area contributed by atoms with Gasteiger partial charge in [0.05, 0.1) is 16.3 Å². The third-order valence-corrected chi connectivity index (χ3v) is 5.24. The molecule has 1 amide bonds. The van der Waals surface area contributed by atoms with E-state index in [0.717, 1.165) is 16.3 Å². The Morgan fingerprint density at radius 1 is 1.17 bits per heavy atom. The minimum atomic E-state index is -0.588. The van der Waals surface area contributed by atoms with E-state index in [9.17, 15) is 9.59 Å². The number of nitrogens with zero attached hydrogens (tertiary/aromatic N) is 2. The molecule has 30 heavy (non-hydrogen) atoms. The monoisotopic (exact) mass is 444 g/mol. The van der Waals surface area contributed by atoms with Crippen LogP contribution in [0.2, 0.25) is 5.02 Å². The van der Waals surface area contributed by atoms with Gasteiger partial charge < -0.3 is 14.4 Å². The molecule has 1 heterocycles. The van der Waals surface area contributed by atoms with Crippen LogP contribution in [0.5, 0.6) is 5.75 Å². The smallest absolute Gasteiger partial charge is 0.338 e. The summed E-state index contributed by atoms with van der Waals surface area (Å²) in [5.41, 5.74) is 2.04. The second kappa shape index (κ2) is 10.2. The fraction of sp³-hybridized carbons (Fsp3) is 0.227. The lowest BCUT2D eigenvalue weighted by molar-refractivity contribution is -0.133. The van der Waals surface area contributed by atoms with Crippen LogP contribution in [-0.4, -0.2) is 35.4 Å². The average Bonchev–Trinajstić information content (AvgIpc) is 3.15. The predicted molar refractivity (Wildman–Crippen MR) is 116 cm³/mol. The summed E-state index contributed by atoms with van der Waals surface area (Å²) in [5.74, 6) is -0.372. The van der Waals surface area contributed by atoms with Gasteiger partial charge in [-0.2, -0.15) is 0 Å². The van der Waals surface area contributed by atoms with Crippen LogP contribution in [0.1, 0.15) is 26.6 Å². The van der Waals surface area contributed by atoms with E-state index in [4.69, 9.17) is 21.1 Å². The van der Waals surface area contributed by atoms with Gasteiger partial charge in [-0.1, -0.05) is 29.8 Å². The Labute approximate surface area is 184 Å². The highest BCUT2D eigenvalue weighted by Gasteiger charge is 2.15. The summed E-state index contributed by atoms with van der Waals surface area (Å²) in [4.78, 5) is 30.4. The minimum absolute atomic E-state index is 0.311. The Hall–Kier alpha value is -2.90. The molecule has 0 radical (unpaired) electrons. The van der Waals surface area contributed by atoms with Gasteiger partial charge in [-0.25, -0.2) is 9.78 Å². The lowest BCUT2D eigenvalue weighted by atomic mass is 10.2. The van der Waals surface area contributed by atoms with Crippen LogP contribution in [0.15, 0.2) is 53.9 Å². The second-order valence-electron chi connectivity index (χ2n) is 6.63. The number of halogens is 1. The maximum atomic E-state index is 12.3. The Bertz CT molecular complexity index is 1040. The van der Waals surface area contributed by atoms with Gasteiger partial charge in [0.1, 0.15) is 12.4 Å². The average molecular weight is 445 g/mol. The number of thiazole rings is 1. The first-order valence-electron chi connectivity index (χ1n) is 9.20. The zero-order valence-electron chi connectivity index (χ0n) is 16.6. The maximum Gasteiger partial charge on any atom is 0.338 e. The molecule has 0 saturated carbocycles. The molecule has 0 fully saturated rings. The molecule has 0 N–H and O–H groups in total. The van der Waals surface area contributed by atoms with Crippen LogP contribution in [0, 0.1) is 6.92 Å². The van der Waals surface area contributed by atoms with Crippen molar-refractivity contribution >= 4 is 34.8 Å². The Balaban J connectivity index is 1.50. The first-order chi connectivity index (χ1) is 14.4. The van der Waals surface area contributed by atoms with E-state index >= 15 is 0 Å². The third-order valence-electron chi connectivity index (χ3n) is 4.18. The fourth-order valence-electron chi connectivity index (χ4n) is 2.66. The van der Waals surface area contributed by atoms with Crippen LogP contribution in [0.25, 0.3) is 0 Å². The van der Waals surface area contributed by atoms with Crippen LogP contribution in [-0.2, 0) is 22.7 Å². The van der Waals surface area contributed by atoms with Crippen molar-refractivity contribution < 1.29 is 19.1 Å². The fourth-order valence-corrected chi connectivity index (χ4v) is 3.47. The molecule has 6 nitrogen and oxygen atoms in total. The van der Waals surface area contributed by atoms with Gasteiger partial charge >= 0.3 is 5.97 Å². The van der Waals surface area contributed by atoms with Crippen LogP contribution in [0.3, 0.4) is 0 Å². The third kappa shape index (κ3) is 6.30. The predicted octanol–water partition coefficient (Wildman–Crippen LogP) is 4.50. The van der Waals surface area contributed by atoms with Crippen molar-refractivity contribution in [3.8, 4) is 5.75 Å². The van der Waals surface area contributed by atoms with Crippen molar-refractivity contribution in [3.05, 3.63) is 80.8 Å². The van der Waals surface area contributed by atoms with Crippen molar-refractivity contribution in [2.45, 2.75) is 20.1 Å². The van der Waals surface area contributed by atoms with E-state index in [-0.39, 0.29) is 12.5 Å². The molecule has 3 aromatic rings. The van der Waals surface area contributed by atoms with Gasteiger partial charge in [-0.3, -0.25) is 4.79 Å². The minimum Gasteiger partial charge on any atom is -0.487 e. The molecular weight excluding hydrogens is 424 g/mol. The molecule has 0 aliphatic rings. The van der Waals surface area contributed by atoms with Crippen LogP contribution in [0.4, 0.5) is 0 Å². The molecule has 156 valence electrons. The van der Waals surface area contributed by atoms with Crippen LogP contribution < -0.4 is 4.74 Å². The Morgan fingerprint density at radius 3 is 2.70 bits per heavy atom. The number of amides is 1. The van der Waals surface area contributed by atoms with Crippen molar-refractivity contribution in [3.63, 3.8) is 0 Å². The Kier molecular flexibility index (Phi) is 7.43. The summed E-state index contributed by atoms with van der Waals surface area (Å²) in [6.45, 7) is 2.27. The number of carbonyl (C=O) groups excluding carboxylic acids is 2. The van der Waals surface area contributed by atoms with Crippen molar-refractivity contribution in [1.29, 1.82) is 0 Å². The first-order valence-corrected chi connectivity index (χ1v) is 10.5. The number of rotatable bonds is 8. The van der Waals surface area contributed by atoms with Gasteiger partial charge in [0.25, 0.3) is 5.91 Å². The SMILES string of the molecule is Cc1nc(COc2cccc(C(=O)OCC(=O)N(C)Cc3cccc(Cl)c3)c2)cs1. The maximum absolute atomic E-state index is 12.3. The van der Waals surface area contributed by atoms with Gasteiger partial charge in [0.15, 0.2) is 6.61 Å². The van der Waals surface area contributed by atoms with E-state index in [1.165, 1.54) is 4.90 Å². The number of benzene rings is 2. The number of aromatic nitrogens is 1. The van der Waals surface area contributed by atoms with Crippen molar-refractivity contribution in [2.24, 2.45) is 0 Å². The zero-order valence-corrected chi connectivity index (χ0v) is 18.2. The van der Waals surface area contributed by atoms with Gasteiger partial charge in [0.2, 0.25) is 0 Å². The van der Waals surface area contributed by atoms with E-state index in [2.05, 4.69) is 4.98 Å². The lowest BCUT2D eigenvalue weighted by Gasteiger charge is -2.17. The van der Waals surface area contributed by atoms with E-state index in [1.807, 2.05) is 24.4 Å². The topological polar surface area (TPSA) is 68.7 Å². The van der Waals surface area contributed by atoms with Gasteiger partial charge in [-0.15, -0.1) is 11.3 Å². The number of ether oxygens (including phenoxy) is 2. The first kappa shape index (κ1) is 21.8. The quantitative estimate of drug-likeness (QED) is 0.478. The molecule has 0 unspecified atom stereocenters. The molecular formula is C22H21ClN2O4S. The summed E-state index contributed by atoms with van der Waals surface area (Å²) >= 11 is 7.52. The standard InChI is InChI=1S/C22H21ClN2O4S/c1-15-24-19(14-30-15)12-28-20-8-4-6-17(10-20)22(27)29-13-21(26)25(2)11-16-5-3-7-18(23)9-16/h3-10,14H,11-13H2,1-2H3. The molecule has 1 aromatic heterocycles. The molecule has 0 aliphatic heterocycles. The number of esters is 1. The molecule has 0 saturated heterocycles. The molecule has 0 atom stereocenters. The van der Waals surface area contributed by atoms with E-state index in [1.54, 1.807) is 54.8 Å². The zero-order chi connectivity index (χ0) is 21.5. The number of hydrogen-bond donors (Lipinski definition) is 0. The summed E-state index contributed by atoms with van der Waals surface area (Å²) in [6, 6.07) is 13.9. The van der Waals surface area contributed by atoms with Crippen molar-refractivity contribution in [2.75, 3.05) is 13.7 Å². The molecule has 2 aromatic carbocycles. The van der Waals surface area contributed by atoms with Gasteiger partial charge in [-0.05, 0) is 42.8 Å². The lowest BCUT2D eigenvalue weighted by Crippen LogP contribution is -2.30. The number of carbonyl (C=O) groups is 2. The summed E-state index contributed by atoms with van der Waals surface area (Å²) in [6.07, 6.45) is 0. The Morgan fingerprint density at radius 2 is 1.97 bits per heavy atom. The molecule has 0 bridgehead atoms. The van der Waals surface area contributed by atoms with Crippen LogP contribution >= 0.6 is 22.9 Å². The summed E-state index contributed by atoms with van der Waals surface area (Å²) < 4.78 is 10.9. The molecule has 0 aliphatic carbocycles. The van der Waals surface area contributed by atoms with E-state index in [0.29, 0.717) is 29.5 Å². The number of likely N-dealkylation sites (N-methyl/N-ethyl adjacent to an activating group) is 1. The van der Waals surface area contributed by atoms with E-state index < -0.39 is 5.97 Å². The van der Waals surface area contributed by atoms with Crippen molar-refractivity contribution in [1.82, 2.24) is 9.88 Å². The largest absolute Gasteiger partial charge is 0.487 e. The normalized spacial score (nSPS) is 10.5. The summed E-state index contributed by atoms with van der Waals surface area (Å²) in [7, 11) is 1.64. The highest BCUT2D eigenvalue weighted by molar-refractivity contribution is 7.09. The number of aryl methyl sites for hydroxylation is 1. The summed E-state index contributed by atoms with van der Waals surface area (Å²) in [5, 5.41) is 3.50. The van der Waals surface area contributed by atoms with Gasteiger partial charge in [0, 0.05) is 24.0 Å². The highest BCUT2D eigenvalue weighted by Crippen LogP contribution is 2.17. The molecule has 0 spiro atoms. The molecule has 3 rings (SSSR count). The second-order valence-corrected chi connectivity index (χ2v) is 8.13.